The molecule has 1 aliphatic heterocycles. The van der Waals surface area contributed by atoms with E-state index in [0.717, 1.165) is 12.8 Å². The molecule has 0 aromatic heterocycles. The van der Waals surface area contributed by atoms with Crippen LogP contribution in [0.2, 0.25) is 0 Å². The van der Waals surface area contributed by atoms with Crippen molar-refractivity contribution in [3.05, 3.63) is 35.4 Å². The zero-order chi connectivity index (χ0) is 22.3. The average Bonchev–Trinajstić information content (AvgIpc) is 3.50. The lowest BCUT2D eigenvalue weighted by atomic mass is 9.91. The van der Waals surface area contributed by atoms with Crippen LogP contribution >= 0.6 is 0 Å². The number of halogens is 3. The van der Waals surface area contributed by atoms with Crippen molar-refractivity contribution in [3.63, 3.8) is 0 Å². The molecule has 7 nitrogen and oxygen atoms in total. The zero-order valence-corrected chi connectivity index (χ0v) is 16.5. The highest BCUT2D eigenvalue weighted by Crippen LogP contribution is 2.36. The number of rotatable bonds is 6. The van der Waals surface area contributed by atoms with E-state index < -0.39 is 48.7 Å². The minimum atomic E-state index is -4.59. The third-order valence-electron chi connectivity index (χ3n) is 5.63. The van der Waals surface area contributed by atoms with E-state index in [1.807, 2.05) is 6.07 Å². The number of imide groups is 1. The molecule has 2 atom stereocenters. The normalized spacial score (nSPS) is 22.5. The molecule has 1 N–H and O–H groups in total. The second-order valence-corrected chi connectivity index (χ2v) is 7.85. The Morgan fingerprint density at radius 1 is 1.33 bits per heavy atom. The third kappa shape index (κ3) is 4.25. The quantitative estimate of drug-likeness (QED) is 0.713. The van der Waals surface area contributed by atoms with Crippen molar-refractivity contribution in [3.8, 4) is 6.07 Å². The number of nitriles is 1. The molecular weight excluding hydrogens is 401 g/mol. The summed E-state index contributed by atoms with van der Waals surface area (Å²) in [6.07, 6.45) is -3.11. The number of nitrogens with one attached hydrogen (secondary N) is 1. The molecule has 1 aromatic rings. The molecular formula is C20H21F3N4O3. The van der Waals surface area contributed by atoms with Gasteiger partial charge in [-0.15, -0.1) is 0 Å². The van der Waals surface area contributed by atoms with Gasteiger partial charge in [0.1, 0.15) is 18.6 Å². The smallest absolute Gasteiger partial charge is 0.329 e. The number of hydrogen-bond donors (Lipinski definition) is 1. The van der Waals surface area contributed by atoms with Crippen LogP contribution in [0.25, 0.3) is 0 Å². The summed E-state index contributed by atoms with van der Waals surface area (Å²) in [5, 5.41) is 11.4. The van der Waals surface area contributed by atoms with Crippen molar-refractivity contribution >= 4 is 17.8 Å². The van der Waals surface area contributed by atoms with Crippen LogP contribution in [0, 0.1) is 17.2 Å². The van der Waals surface area contributed by atoms with Crippen molar-refractivity contribution in [2.24, 2.45) is 5.92 Å². The van der Waals surface area contributed by atoms with Crippen LogP contribution in [0.5, 0.6) is 0 Å². The lowest BCUT2D eigenvalue weighted by Gasteiger charge is -2.31. The Kier molecular flexibility index (Phi) is 5.50. The first-order valence-electron chi connectivity index (χ1n) is 9.47. The van der Waals surface area contributed by atoms with E-state index in [1.165, 1.54) is 31.2 Å². The van der Waals surface area contributed by atoms with E-state index in [9.17, 15) is 27.6 Å². The van der Waals surface area contributed by atoms with Crippen LogP contribution in [0.3, 0.4) is 0 Å². The average molecular weight is 422 g/mol. The van der Waals surface area contributed by atoms with Gasteiger partial charge in [0.25, 0.3) is 5.91 Å². The molecule has 0 spiro atoms. The first-order valence-corrected chi connectivity index (χ1v) is 9.47. The SMILES string of the molecule is CC(C1CC1)N(CC(F)(F)F)C(=O)CN1C(=O)NC(C)(c2ccc(C#N)cc2)C1=O. The lowest BCUT2D eigenvalue weighted by molar-refractivity contribution is -0.166. The number of carbonyl (C=O) groups is 3. The Hall–Kier alpha value is -3.09. The summed E-state index contributed by atoms with van der Waals surface area (Å²) in [7, 11) is 0. The maximum absolute atomic E-state index is 13.0. The van der Waals surface area contributed by atoms with E-state index >= 15 is 0 Å². The zero-order valence-electron chi connectivity index (χ0n) is 16.5. The second-order valence-electron chi connectivity index (χ2n) is 7.85. The predicted molar refractivity (Wildman–Crippen MR) is 98.7 cm³/mol. The number of urea groups is 1. The van der Waals surface area contributed by atoms with Crippen LogP contribution in [0.1, 0.15) is 37.8 Å². The highest BCUT2D eigenvalue weighted by molar-refractivity contribution is 6.09. The summed E-state index contributed by atoms with van der Waals surface area (Å²) >= 11 is 0. The van der Waals surface area contributed by atoms with Gasteiger partial charge in [-0.1, -0.05) is 12.1 Å². The highest BCUT2D eigenvalue weighted by Gasteiger charge is 2.50. The van der Waals surface area contributed by atoms with Gasteiger partial charge in [0.05, 0.1) is 11.6 Å². The Labute approximate surface area is 171 Å². The summed E-state index contributed by atoms with van der Waals surface area (Å²) < 4.78 is 39.0. The van der Waals surface area contributed by atoms with E-state index in [-0.39, 0.29) is 5.92 Å². The Balaban J connectivity index is 1.79. The third-order valence-corrected chi connectivity index (χ3v) is 5.63. The number of carbonyl (C=O) groups excluding carboxylic acids is 3. The van der Waals surface area contributed by atoms with E-state index in [1.54, 1.807) is 6.92 Å². The summed E-state index contributed by atoms with van der Waals surface area (Å²) in [5.41, 5.74) is -0.723. The summed E-state index contributed by atoms with van der Waals surface area (Å²) in [6, 6.07) is 6.43. The van der Waals surface area contributed by atoms with Crippen LogP contribution in [0.15, 0.2) is 24.3 Å². The summed E-state index contributed by atoms with van der Waals surface area (Å²) in [4.78, 5) is 39.4. The van der Waals surface area contributed by atoms with Crippen LogP contribution in [-0.4, -0.2) is 53.0 Å². The fourth-order valence-electron chi connectivity index (χ4n) is 3.63. The molecule has 2 aliphatic rings. The topological polar surface area (TPSA) is 93.5 Å². The lowest BCUT2D eigenvalue weighted by Crippen LogP contribution is -2.50. The van der Waals surface area contributed by atoms with E-state index in [4.69, 9.17) is 5.26 Å². The van der Waals surface area contributed by atoms with Crippen molar-refractivity contribution < 1.29 is 27.6 Å². The molecule has 1 aromatic carbocycles. The van der Waals surface area contributed by atoms with Crippen LogP contribution in [-0.2, 0) is 15.1 Å². The van der Waals surface area contributed by atoms with Crippen molar-refractivity contribution in [2.45, 2.75) is 44.4 Å². The number of nitrogens with zero attached hydrogens (tertiary/aromatic N) is 3. The molecule has 1 aliphatic carbocycles. The van der Waals surface area contributed by atoms with E-state index in [0.29, 0.717) is 20.9 Å². The minimum absolute atomic E-state index is 0.0108. The van der Waals surface area contributed by atoms with Crippen molar-refractivity contribution in [1.82, 2.24) is 15.1 Å². The molecule has 3 rings (SSSR count). The van der Waals surface area contributed by atoms with Gasteiger partial charge in [0, 0.05) is 6.04 Å². The highest BCUT2D eigenvalue weighted by atomic mass is 19.4. The van der Waals surface area contributed by atoms with Gasteiger partial charge in [-0.3, -0.25) is 14.5 Å². The molecule has 1 heterocycles. The molecule has 30 heavy (non-hydrogen) atoms. The fourth-order valence-corrected chi connectivity index (χ4v) is 3.63. The fraction of sp³-hybridized carbons (Fsp3) is 0.500. The molecule has 4 amide bonds. The van der Waals surface area contributed by atoms with Gasteiger partial charge < -0.3 is 10.2 Å². The van der Waals surface area contributed by atoms with Gasteiger partial charge in [0.2, 0.25) is 5.91 Å². The number of amides is 4. The molecule has 0 radical (unpaired) electrons. The molecule has 2 unspecified atom stereocenters. The summed E-state index contributed by atoms with van der Waals surface area (Å²) in [6.45, 7) is 0.789. The van der Waals surface area contributed by atoms with Gasteiger partial charge in [-0.2, -0.15) is 18.4 Å². The van der Waals surface area contributed by atoms with Crippen molar-refractivity contribution in [2.75, 3.05) is 13.1 Å². The molecule has 10 heteroatoms. The Morgan fingerprint density at radius 2 is 1.93 bits per heavy atom. The number of hydrogen-bond acceptors (Lipinski definition) is 4. The molecule has 0 bridgehead atoms. The van der Waals surface area contributed by atoms with E-state index in [2.05, 4.69) is 5.32 Å². The standard InChI is InChI=1S/C20H21F3N4O3/c1-12(14-5-6-14)27(11-20(21,22)23)16(28)10-26-17(29)19(2,25-18(26)30)15-7-3-13(9-24)4-8-15/h3-4,7-8,12,14H,5-6,10-11H2,1-2H3,(H,25,30). The monoisotopic (exact) mass is 422 g/mol. The maximum atomic E-state index is 13.0. The largest absolute Gasteiger partial charge is 0.406 e. The minimum Gasteiger partial charge on any atom is -0.329 e. The van der Waals surface area contributed by atoms with Gasteiger partial charge in [-0.05, 0) is 50.3 Å². The van der Waals surface area contributed by atoms with Crippen LogP contribution < -0.4 is 5.32 Å². The molecule has 160 valence electrons. The predicted octanol–water partition coefficient (Wildman–Crippen LogP) is 2.51. The Morgan fingerprint density at radius 3 is 2.43 bits per heavy atom. The molecule has 1 saturated carbocycles. The number of benzene rings is 1. The van der Waals surface area contributed by atoms with Crippen molar-refractivity contribution in [1.29, 1.82) is 5.26 Å². The maximum Gasteiger partial charge on any atom is 0.406 e. The summed E-state index contributed by atoms with van der Waals surface area (Å²) in [5.74, 6) is -1.68. The first-order chi connectivity index (χ1) is 14.0. The van der Waals surface area contributed by atoms with Gasteiger partial charge in [-0.25, -0.2) is 4.79 Å². The number of alkyl halides is 3. The Bertz CT molecular complexity index is 905. The second kappa shape index (κ2) is 7.63. The van der Waals surface area contributed by atoms with Gasteiger partial charge >= 0.3 is 12.2 Å². The van der Waals surface area contributed by atoms with Gasteiger partial charge in [0.15, 0.2) is 0 Å². The molecule has 2 fully saturated rings. The first kappa shape index (κ1) is 21.6. The van der Waals surface area contributed by atoms with Crippen LogP contribution in [0.4, 0.5) is 18.0 Å². The molecule has 1 saturated heterocycles.